The van der Waals surface area contributed by atoms with Gasteiger partial charge in [-0.2, -0.15) is 5.10 Å². The Morgan fingerprint density at radius 1 is 0.933 bits per heavy atom. The zero-order valence-electron chi connectivity index (χ0n) is 24.6. The standard InChI is InChI=1S/C33H29Cl2N7O2S/c1-33(2,3)28-17-30(42(40-28)21-12-14-26(43)25(35)16-21)37-32(44)36-18-20-8-4-7-11-27(20)45-22-13-15-29-38-39-31(41(29)19-22)23-9-5-6-10-24(23)34/h4-17,19,43H,18H2,1-3H3,(H2,36,37,44). The Kier molecular flexibility index (Phi) is 8.46. The molecular weight excluding hydrogens is 629 g/mol. The normalized spacial score (nSPS) is 11.6. The predicted molar refractivity (Wildman–Crippen MR) is 179 cm³/mol. The third kappa shape index (κ3) is 6.63. The topological polar surface area (TPSA) is 109 Å². The number of fused-ring (bicyclic) bond motifs is 1. The summed E-state index contributed by atoms with van der Waals surface area (Å²) in [6, 6.07) is 25.6. The van der Waals surface area contributed by atoms with Gasteiger partial charge >= 0.3 is 6.03 Å². The minimum atomic E-state index is -0.392. The van der Waals surface area contributed by atoms with Gasteiger partial charge in [0.1, 0.15) is 11.6 Å². The number of phenolic OH excluding ortho intramolecular Hbond substituents is 1. The number of phenols is 1. The van der Waals surface area contributed by atoms with Crippen molar-refractivity contribution in [2.75, 3.05) is 5.32 Å². The maximum Gasteiger partial charge on any atom is 0.320 e. The highest BCUT2D eigenvalue weighted by Gasteiger charge is 2.22. The molecule has 2 amide bonds. The van der Waals surface area contributed by atoms with Crippen LogP contribution in [-0.2, 0) is 12.0 Å². The van der Waals surface area contributed by atoms with Gasteiger partial charge in [-0.25, -0.2) is 9.48 Å². The fraction of sp³-hybridized carbons (Fsp3) is 0.152. The highest BCUT2D eigenvalue weighted by atomic mass is 35.5. The van der Waals surface area contributed by atoms with Crippen LogP contribution in [0.1, 0.15) is 32.0 Å². The molecule has 0 unspecified atom stereocenters. The summed E-state index contributed by atoms with van der Waals surface area (Å²) in [5.41, 5.74) is 3.58. The van der Waals surface area contributed by atoms with E-state index in [4.69, 9.17) is 28.3 Å². The SMILES string of the molecule is CC(C)(C)c1cc(NC(=O)NCc2ccccc2Sc2ccc3nnc(-c4ccccc4Cl)n3c2)n(-c2ccc(O)c(Cl)c2)n1. The quantitative estimate of drug-likeness (QED) is 0.159. The number of aromatic nitrogens is 5. The van der Waals surface area contributed by atoms with Crippen LogP contribution in [0.25, 0.3) is 22.7 Å². The van der Waals surface area contributed by atoms with E-state index in [-0.39, 0.29) is 16.2 Å². The number of pyridine rings is 1. The number of carbonyl (C=O) groups is 1. The second-order valence-corrected chi connectivity index (χ2v) is 13.3. The van der Waals surface area contributed by atoms with Crippen molar-refractivity contribution >= 4 is 52.5 Å². The van der Waals surface area contributed by atoms with Gasteiger partial charge in [0.05, 0.1) is 21.4 Å². The van der Waals surface area contributed by atoms with E-state index < -0.39 is 6.03 Å². The van der Waals surface area contributed by atoms with Crippen LogP contribution in [0.3, 0.4) is 0 Å². The Morgan fingerprint density at radius 2 is 1.71 bits per heavy atom. The lowest BCUT2D eigenvalue weighted by molar-refractivity contribution is 0.251. The van der Waals surface area contributed by atoms with Crippen molar-refractivity contribution in [3.63, 3.8) is 0 Å². The second-order valence-electron chi connectivity index (χ2n) is 11.3. The Labute approximate surface area is 274 Å². The molecule has 0 radical (unpaired) electrons. The molecule has 3 N–H and O–H groups in total. The molecule has 0 spiro atoms. The van der Waals surface area contributed by atoms with Gasteiger partial charge in [0, 0.05) is 39.6 Å². The molecule has 0 aliphatic heterocycles. The third-order valence-corrected chi connectivity index (χ3v) is 8.75. The summed E-state index contributed by atoms with van der Waals surface area (Å²) in [7, 11) is 0. The second kappa shape index (κ2) is 12.5. The lowest BCUT2D eigenvalue weighted by Crippen LogP contribution is -2.29. The fourth-order valence-electron chi connectivity index (χ4n) is 4.63. The molecule has 3 aromatic heterocycles. The lowest BCUT2D eigenvalue weighted by Gasteiger charge is -2.14. The molecule has 3 heterocycles. The Bertz CT molecular complexity index is 2030. The van der Waals surface area contributed by atoms with Crippen molar-refractivity contribution in [1.29, 1.82) is 0 Å². The van der Waals surface area contributed by atoms with Crippen LogP contribution >= 0.6 is 35.0 Å². The summed E-state index contributed by atoms with van der Waals surface area (Å²) >= 11 is 14.2. The molecule has 0 aliphatic carbocycles. The van der Waals surface area contributed by atoms with E-state index in [0.29, 0.717) is 34.5 Å². The van der Waals surface area contributed by atoms with Crippen LogP contribution in [0.2, 0.25) is 10.0 Å². The van der Waals surface area contributed by atoms with Gasteiger partial charge in [0.15, 0.2) is 11.5 Å². The molecule has 6 aromatic rings. The largest absolute Gasteiger partial charge is 0.506 e. The van der Waals surface area contributed by atoms with Crippen LogP contribution < -0.4 is 10.6 Å². The van der Waals surface area contributed by atoms with Gasteiger partial charge in [0.2, 0.25) is 0 Å². The van der Waals surface area contributed by atoms with Crippen molar-refractivity contribution in [3.8, 4) is 22.8 Å². The molecule has 0 bridgehead atoms. The Hall–Kier alpha value is -4.51. The van der Waals surface area contributed by atoms with E-state index in [2.05, 4.69) is 20.8 Å². The van der Waals surface area contributed by atoms with E-state index in [0.717, 1.165) is 26.6 Å². The number of rotatable bonds is 7. The first-order valence-electron chi connectivity index (χ1n) is 14.1. The number of anilines is 1. The minimum Gasteiger partial charge on any atom is -0.506 e. The lowest BCUT2D eigenvalue weighted by atomic mass is 9.92. The number of carbonyl (C=O) groups excluding carboxylic acids is 1. The molecule has 0 saturated heterocycles. The van der Waals surface area contributed by atoms with E-state index in [1.165, 1.54) is 6.07 Å². The van der Waals surface area contributed by atoms with Crippen LogP contribution in [0.4, 0.5) is 10.6 Å². The van der Waals surface area contributed by atoms with Gasteiger partial charge in [-0.1, -0.05) is 86.1 Å². The van der Waals surface area contributed by atoms with Gasteiger partial charge in [-0.05, 0) is 54.1 Å². The molecule has 3 aromatic carbocycles. The first kappa shape index (κ1) is 30.5. The monoisotopic (exact) mass is 657 g/mol. The molecule has 9 nitrogen and oxygen atoms in total. The van der Waals surface area contributed by atoms with Gasteiger partial charge in [-0.15, -0.1) is 10.2 Å². The van der Waals surface area contributed by atoms with Gasteiger partial charge < -0.3 is 10.4 Å². The highest BCUT2D eigenvalue weighted by Crippen LogP contribution is 2.33. The summed E-state index contributed by atoms with van der Waals surface area (Å²) in [4.78, 5) is 15.1. The van der Waals surface area contributed by atoms with E-state index in [1.54, 1.807) is 28.6 Å². The number of nitrogens with zero attached hydrogens (tertiary/aromatic N) is 5. The molecule has 0 fully saturated rings. The smallest absolute Gasteiger partial charge is 0.320 e. The molecule has 45 heavy (non-hydrogen) atoms. The maximum atomic E-state index is 13.2. The van der Waals surface area contributed by atoms with Crippen LogP contribution in [0.15, 0.2) is 101 Å². The van der Waals surface area contributed by atoms with Gasteiger partial charge in [0.25, 0.3) is 0 Å². The number of amides is 2. The first-order valence-corrected chi connectivity index (χ1v) is 15.6. The molecule has 0 saturated carbocycles. The summed E-state index contributed by atoms with van der Waals surface area (Å²) in [5, 5.41) is 30.0. The average Bonchev–Trinajstić information content (AvgIpc) is 3.63. The van der Waals surface area contributed by atoms with E-state index >= 15 is 0 Å². The zero-order chi connectivity index (χ0) is 31.7. The summed E-state index contributed by atoms with van der Waals surface area (Å²) in [6.45, 7) is 6.42. The number of nitrogens with one attached hydrogen (secondary N) is 2. The maximum absolute atomic E-state index is 13.2. The average molecular weight is 659 g/mol. The first-order chi connectivity index (χ1) is 21.6. The summed E-state index contributed by atoms with van der Waals surface area (Å²) < 4.78 is 3.53. The minimum absolute atomic E-state index is 0.0324. The molecule has 0 atom stereocenters. The van der Waals surface area contributed by atoms with E-state index in [9.17, 15) is 9.90 Å². The van der Waals surface area contributed by atoms with Gasteiger partial charge in [-0.3, -0.25) is 9.72 Å². The van der Waals surface area contributed by atoms with Crippen molar-refractivity contribution in [2.24, 2.45) is 0 Å². The summed E-state index contributed by atoms with van der Waals surface area (Å²) in [6.07, 6.45) is 1.99. The summed E-state index contributed by atoms with van der Waals surface area (Å²) in [5.74, 6) is 1.10. The number of aromatic hydroxyl groups is 1. The number of hydrogen-bond acceptors (Lipinski definition) is 6. The molecule has 228 valence electrons. The molecule has 6 rings (SSSR count). The zero-order valence-corrected chi connectivity index (χ0v) is 27.0. The van der Waals surface area contributed by atoms with Crippen LogP contribution in [-0.4, -0.2) is 35.5 Å². The van der Waals surface area contributed by atoms with Crippen molar-refractivity contribution in [1.82, 2.24) is 29.7 Å². The molecule has 0 aliphatic rings. The predicted octanol–water partition coefficient (Wildman–Crippen LogP) is 8.36. The van der Waals surface area contributed by atoms with Crippen molar-refractivity contribution in [3.05, 3.63) is 112 Å². The number of halogens is 2. The fourth-order valence-corrected chi connectivity index (χ4v) is 5.99. The van der Waals surface area contributed by atoms with Crippen molar-refractivity contribution < 1.29 is 9.90 Å². The van der Waals surface area contributed by atoms with Crippen LogP contribution in [0.5, 0.6) is 5.75 Å². The Balaban J connectivity index is 1.20. The van der Waals surface area contributed by atoms with E-state index in [1.807, 2.05) is 98.1 Å². The third-order valence-electron chi connectivity index (χ3n) is 7.02. The number of benzene rings is 3. The van der Waals surface area contributed by atoms with Crippen LogP contribution in [0, 0.1) is 0 Å². The number of urea groups is 1. The van der Waals surface area contributed by atoms with Crippen molar-refractivity contribution in [2.45, 2.75) is 42.5 Å². The number of hydrogen-bond donors (Lipinski definition) is 3. The molecular formula is C33H29Cl2N7O2S. The highest BCUT2D eigenvalue weighted by molar-refractivity contribution is 7.99. The molecule has 12 heteroatoms. The Morgan fingerprint density at radius 3 is 2.49 bits per heavy atom.